The van der Waals surface area contributed by atoms with E-state index < -0.39 is 0 Å². The molecule has 1 fully saturated rings. The normalized spacial score (nSPS) is 20.2. The van der Waals surface area contributed by atoms with E-state index >= 15 is 0 Å². The number of carbonyl (C=O) groups is 2. The van der Waals surface area contributed by atoms with Gasteiger partial charge in [0, 0.05) is 0 Å². The van der Waals surface area contributed by atoms with Crippen molar-refractivity contribution in [1.82, 2.24) is 0 Å². The van der Waals surface area contributed by atoms with Crippen LogP contribution in [0.4, 0.5) is 0 Å². The lowest BCUT2D eigenvalue weighted by Crippen LogP contribution is -2.30. The third-order valence-electron chi connectivity index (χ3n) is 6.21. The minimum Gasteiger partial charge on any atom is -0.465 e. The molecule has 1 saturated carbocycles. The molecule has 170 valence electrons. The lowest BCUT2D eigenvalue weighted by molar-refractivity contribution is -0.156. The van der Waals surface area contributed by atoms with Crippen LogP contribution >= 0.6 is 0 Å². The standard InChI is InChI=1S/C25H46O4/c1-4-7-9-10-12-18-28-24(26)22-16-13-17-23(19-22)25(27)29-20-21(14-6-3)15-11-8-5-2/h21-23H,4-20H2,1-3H3. The molecule has 0 aromatic carbocycles. The molecule has 3 unspecified atom stereocenters. The molecule has 29 heavy (non-hydrogen) atoms. The van der Waals surface area contributed by atoms with Gasteiger partial charge in [-0.25, -0.2) is 0 Å². The van der Waals surface area contributed by atoms with Crippen LogP contribution in [0.2, 0.25) is 0 Å². The minimum atomic E-state index is -0.135. The van der Waals surface area contributed by atoms with Gasteiger partial charge in [-0.05, 0) is 44.4 Å². The van der Waals surface area contributed by atoms with Crippen molar-refractivity contribution in [3.8, 4) is 0 Å². The Morgan fingerprint density at radius 2 is 1.38 bits per heavy atom. The van der Waals surface area contributed by atoms with Crippen molar-refractivity contribution < 1.29 is 19.1 Å². The summed E-state index contributed by atoms with van der Waals surface area (Å²) < 4.78 is 11.2. The Bertz CT molecular complexity index is 435. The van der Waals surface area contributed by atoms with Crippen molar-refractivity contribution in [2.24, 2.45) is 17.8 Å². The molecule has 1 aliphatic carbocycles. The summed E-state index contributed by atoms with van der Waals surface area (Å²) in [4.78, 5) is 25.0. The van der Waals surface area contributed by atoms with E-state index in [1.165, 1.54) is 38.5 Å². The minimum absolute atomic E-state index is 0.0985. The van der Waals surface area contributed by atoms with E-state index in [1.54, 1.807) is 0 Å². The van der Waals surface area contributed by atoms with Crippen LogP contribution in [0.1, 0.15) is 117 Å². The maximum absolute atomic E-state index is 12.6. The van der Waals surface area contributed by atoms with Crippen molar-refractivity contribution in [2.45, 2.75) is 117 Å². The van der Waals surface area contributed by atoms with Gasteiger partial charge in [0.2, 0.25) is 0 Å². The molecule has 0 N–H and O–H groups in total. The second-order valence-electron chi connectivity index (χ2n) is 8.92. The zero-order valence-electron chi connectivity index (χ0n) is 19.4. The number of esters is 2. The number of hydrogen-bond donors (Lipinski definition) is 0. The molecule has 0 amide bonds. The number of unbranched alkanes of at least 4 members (excludes halogenated alkanes) is 6. The molecule has 0 heterocycles. The third-order valence-corrected chi connectivity index (χ3v) is 6.21. The molecule has 0 aliphatic heterocycles. The van der Waals surface area contributed by atoms with Gasteiger partial charge in [-0.1, -0.05) is 78.6 Å². The van der Waals surface area contributed by atoms with E-state index in [2.05, 4.69) is 20.8 Å². The first-order valence-electron chi connectivity index (χ1n) is 12.5. The van der Waals surface area contributed by atoms with E-state index in [-0.39, 0.29) is 23.8 Å². The van der Waals surface area contributed by atoms with Crippen molar-refractivity contribution in [2.75, 3.05) is 13.2 Å². The molecule has 4 nitrogen and oxygen atoms in total. The van der Waals surface area contributed by atoms with Crippen molar-refractivity contribution >= 4 is 11.9 Å². The molecule has 4 heteroatoms. The van der Waals surface area contributed by atoms with E-state index in [9.17, 15) is 9.59 Å². The zero-order chi connectivity index (χ0) is 21.3. The van der Waals surface area contributed by atoms with Gasteiger partial charge in [-0.2, -0.15) is 0 Å². The summed E-state index contributed by atoms with van der Waals surface area (Å²) in [7, 11) is 0. The van der Waals surface area contributed by atoms with Gasteiger partial charge < -0.3 is 9.47 Å². The summed E-state index contributed by atoms with van der Waals surface area (Å²) in [5, 5.41) is 0. The average Bonchev–Trinajstić information content (AvgIpc) is 2.74. The van der Waals surface area contributed by atoms with Gasteiger partial charge in [0.25, 0.3) is 0 Å². The van der Waals surface area contributed by atoms with Crippen LogP contribution < -0.4 is 0 Å². The molecule has 1 rings (SSSR count). The number of ether oxygens (including phenoxy) is 2. The molecule has 0 aromatic heterocycles. The molecule has 0 bridgehead atoms. The summed E-state index contributed by atoms with van der Waals surface area (Å²) in [6, 6.07) is 0. The van der Waals surface area contributed by atoms with Crippen LogP contribution in [0.5, 0.6) is 0 Å². The van der Waals surface area contributed by atoms with E-state index in [0.717, 1.165) is 51.4 Å². The maximum Gasteiger partial charge on any atom is 0.308 e. The SMILES string of the molecule is CCCCCCCOC(=O)C1CCCC(C(=O)OCC(CCC)CCCCC)C1. The lowest BCUT2D eigenvalue weighted by atomic mass is 9.81. The van der Waals surface area contributed by atoms with Crippen molar-refractivity contribution in [3.05, 3.63) is 0 Å². The Morgan fingerprint density at radius 3 is 2.03 bits per heavy atom. The molecule has 0 saturated heterocycles. The molecule has 1 aliphatic rings. The second kappa shape index (κ2) is 16.7. The molecular weight excluding hydrogens is 364 g/mol. The number of carbonyl (C=O) groups excluding carboxylic acids is 2. The predicted molar refractivity (Wildman–Crippen MR) is 119 cm³/mol. The first kappa shape index (κ1) is 26.0. The van der Waals surface area contributed by atoms with Crippen LogP contribution in [0.25, 0.3) is 0 Å². The maximum atomic E-state index is 12.6. The first-order chi connectivity index (χ1) is 14.1. The number of hydrogen-bond acceptors (Lipinski definition) is 4. The Morgan fingerprint density at radius 1 is 0.759 bits per heavy atom. The first-order valence-corrected chi connectivity index (χ1v) is 12.5. The van der Waals surface area contributed by atoms with E-state index in [0.29, 0.717) is 25.6 Å². The fraction of sp³-hybridized carbons (Fsp3) is 0.920. The summed E-state index contributed by atoms with van der Waals surface area (Å²) >= 11 is 0. The topological polar surface area (TPSA) is 52.6 Å². The van der Waals surface area contributed by atoms with Gasteiger partial charge in [-0.15, -0.1) is 0 Å². The average molecular weight is 411 g/mol. The van der Waals surface area contributed by atoms with Crippen LogP contribution in [-0.4, -0.2) is 25.2 Å². The van der Waals surface area contributed by atoms with Crippen molar-refractivity contribution in [1.29, 1.82) is 0 Å². The molecule has 3 atom stereocenters. The van der Waals surface area contributed by atoms with Gasteiger partial charge >= 0.3 is 11.9 Å². The van der Waals surface area contributed by atoms with E-state index in [4.69, 9.17) is 9.47 Å². The Kier molecular flexibility index (Phi) is 15.0. The number of rotatable bonds is 16. The Balaban J connectivity index is 2.32. The van der Waals surface area contributed by atoms with Crippen LogP contribution in [0.3, 0.4) is 0 Å². The molecule has 0 aromatic rings. The summed E-state index contributed by atoms with van der Waals surface area (Å²) in [6.07, 6.45) is 16.0. The zero-order valence-corrected chi connectivity index (χ0v) is 19.4. The molecule has 0 spiro atoms. The highest BCUT2D eigenvalue weighted by Crippen LogP contribution is 2.31. The monoisotopic (exact) mass is 410 g/mol. The highest BCUT2D eigenvalue weighted by molar-refractivity contribution is 5.76. The quantitative estimate of drug-likeness (QED) is 0.206. The second-order valence-corrected chi connectivity index (χ2v) is 8.92. The third kappa shape index (κ3) is 11.6. The van der Waals surface area contributed by atoms with Gasteiger partial charge in [-0.3, -0.25) is 9.59 Å². The fourth-order valence-corrected chi connectivity index (χ4v) is 4.33. The smallest absolute Gasteiger partial charge is 0.308 e. The Labute approximate surface area is 179 Å². The van der Waals surface area contributed by atoms with E-state index in [1.807, 2.05) is 0 Å². The van der Waals surface area contributed by atoms with Crippen molar-refractivity contribution in [3.63, 3.8) is 0 Å². The largest absolute Gasteiger partial charge is 0.465 e. The summed E-state index contributed by atoms with van der Waals surface area (Å²) in [6.45, 7) is 7.66. The molecule has 0 radical (unpaired) electrons. The van der Waals surface area contributed by atoms with Crippen LogP contribution in [0.15, 0.2) is 0 Å². The summed E-state index contributed by atoms with van der Waals surface area (Å²) in [5.74, 6) is 0.00402. The predicted octanol–water partition coefficient (Wildman–Crippen LogP) is 6.85. The van der Waals surface area contributed by atoms with Gasteiger partial charge in [0.05, 0.1) is 25.0 Å². The highest BCUT2D eigenvalue weighted by Gasteiger charge is 2.33. The summed E-state index contributed by atoms with van der Waals surface area (Å²) in [5.41, 5.74) is 0. The fourth-order valence-electron chi connectivity index (χ4n) is 4.33. The van der Waals surface area contributed by atoms with Gasteiger partial charge in [0.15, 0.2) is 0 Å². The van der Waals surface area contributed by atoms with Gasteiger partial charge in [0.1, 0.15) is 0 Å². The highest BCUT2D eigenvalue weighted by atomic mass is 16.5. The Hall–Kier alpha value is -1.06. The van der Waals surface area contributed by atoms with Crippen LogP contribution in [-0.2, 0) is 19.1 Å². The lowest BCUT2D eigenvalue weighted by Gasteiger charge is -2.27. The molecular formula is C25H46O4. The van der Waals surface area contributed by atoms with Crippen LogP contribution in [0, 0.1) is 17.8 Å².